The average molecular weight is 292 g/mol. The van der Waals surface area contributed by atoms with Gasteiger partial charge in [-0.3, -0.25) is 0 Å². The molecule has 0 saturated carbocycles. The summed E-state index contributed by atoms with van der Waals surface area (Å²) in [4.78, 5) is 4.32. The van der Waals surface area contributed by atoms with Crippen LogP contribution in [0.4, 0.5) is 11.6 Å². The van der Waals surface area contributed by atoms with E-state index in [0.29, 0.717) is 21.7 Å². The van der Waals surface area contributed by atoms with Crippen molar-refractivity contribution in [1.29, 1.82) is 0 Å². The maximum absolute atomic E-state index is 9.53. The van der Waals surface area contributed by atoms with E-state index >= 15 is 0 Å². The zero-order valence-corrected chi connectivity index (χ0v) is 12.4. The van der Waals surface area contributed by atoms with Gasteiger partial charge < -0.3 is 15.7 Å². The van der Waals surface area contributed by atoms with E-state index in [4.69, 9.17) is 23.2 Å². The molecule has 0 bridgehead atoms. The Balaban J connectivity index is 3.10. The van der Waals surface area contributed by atoms with Gasteiger partial charge in [-0.05, 0) is 18.9 Å². The maximum Gasteiger partial charge on any atom is 0.147 e. The summed E-state index contributed by atoms with van der Waals surface area (Å²) >= 11 is 12.1. The Labute approximate surface area is 118 Å². The van der Waals surface area contributed by atoms with E-state index < -0.39 is 5.54 Å². The summed E-state index contributed by atoms with van der Waals surface area (Å²) in [5.41, 5.74) is -0.407. The summed E-state index contributed by atoms with van der Waals surface area (Å²) in [6.07, 6.45) is 1.55. The van der Waals surface area contributed by atoms with Crippen molar-refractivity contribution in [3.05, 3.63) is 16.1 Å². The molecule has 6 heteroatoms. The Morgan fingerprint density at radius 3 is 2.22 bits per heavy atom. The van der Waals surface area contributed by atoms with Gasteiger partial charge in [-0.25, -0.2) is 4.98 Å². The van der Waals surface area contributed by atoms with Crippen molar-refractivity contribution in [1.82, 2.24) is 4.98 Å². The van der Waals surface area contributed by atoms with Crippen molar-refractivity contribution < 1.29 is 5.11 Å². The number of aromatic nitrogens is 1. The van der Waals surface area contributed by atoms with Gasteiger partial charge in [-0.15, -0.1) is 0 Å². The summed E-state index contributed by atoms with van der Waals surface area (Å²) < 4.78 is 0. The van der Waals surface area contributed by atoms with Crippen molar-refractivity contribution in [2.45, 2.75) is 32.2 Å². The third-order valence-corrected chi connectivity index (χ3v) is 3.78. The van der Waals surface area contributed by atoms with Gasteiger partial charge in [0.25, 0.3) is 0 Å². The summed E-state index contributed by atoms with van der Waals surface area (Å²) in [5, 5.41) is 16.6. The number of anilines is 2. The first-order valence-corrected chi connectivity index (χ1v) is 6.70. The molecule has 0 aliphatic rings. The van der Waals surface area contributed by atoms with Crippen LogP contribution < -0.4 is 10.6 Å². The van der Waals surface area contributed by atoms with E-state index in [1.54, 1.807) is 13.1 Å². The molecule has 0 aromatic carbocycles. The number of hydrogen-bond donors (Lipinski definition) is 3. The van der Waals surface area contributed by atoms with E-state index in [1.165, 1.54) is 0 Å². The number of aliphatic hydroxyl groups is 1. The molecule has 1 aromatic heterocycles. The highest BCUT2D eigenvalue weighted by Crippen LogP contribution is 2.31. The average Bonchev–Trinajstić information content (AvgIpc) is 2.38. The van der Waals surface area contributed by atoms with Crippen molar-refractivity contribution in [2.24, 2.45) is 0 Å². The van der Waals surface area contributed by atoms with E-state index in [1.807, 2.05) is 13.8 Å². The molecule has 0 aliphatic carbocycles. The predicted octanol–water partition coefficient (Wildman–Crippen LogP) is 3.39. The number of halogens is 2. The molecule has 0 amide bonds. The van der Waals surface area contributed by atoms with E-state index in [9.17, 15) is 5.11 Å². The first-order valence-electron chi connectivity index (χ1n) is 5.94. The van der Waals surface area contributed by atoms with Crippen LogP contribution in [0.25, 0.3) is 0 Å². The van der Waals surface area contributed by atoms with Crippen LogP contribution in [0.2, 0.25) is 10.0 Å². The molecule has 0 radical (unpaired) electrons. The fourth-order valence-corrected chi connectivity index (χ4v) is 2.17. The Bertz CT molecular complexity index is 400. The fourth-order valence-electron chi connectivity index (χ4n) is 1.67. The Hall–Kier alpha value is -0.710. The molecule has 0 spiro atoms. The third kappa shape index (κ3) is 3.19. The Morgan fingerprint density at radius 1 is 1.22 bits per heavy atom. The number of rotatable bonds is 6. The highest BCUT2D eigenvalue weighted by molar-refractivity contribution is 6.37. The molecule has 18 heavy (non-hydrogen) atoms. The monoisotopic (exact) mass is 291 g/mol. The molecule has 1 heterocycles. The van der Waals surface area contributed by atoms with E-state index in [2.05, 4.69) is 15.6 Å². The molecule has 102 valence electrons. The van der Waals surface area contributed by atoms with Crippen LogP contribution in [0.3, 0.4) is 0 Å². The van der Waals surface area contributed by atoms with Crippen LogP contribution in [0.15, 0.2) is 6.07 Å². The minimum Gasteiger partial charge on any atom is -0.394 e. The first-order chi connectivity index (χ1) is 8.51. The van der Waals surface area contributed by atoms with Crippen molar-refractivity contribution in [3.8, 4) is 0 Å². The second kappa shape index (κ2) is 6.45. The summed E-state index contributed by atoms with van der Waals surface area (Å²) in [6, 6.07) is 1.64. The molecule has 0 saturated heterocycles. The zero-order chi connectivity index (χ0) is 13.8. The largest absolute Gasteiger partial charge is 0.394 e. The quantitative estimate of drug-likeness (QED) is 0.752. The Morgan fingerprint density at radius 2 is 1.78 bits per heavy atom. The number of nitrogens with zero attached hydrogens (tertiary/aromatic N) is 1. The lowest BCUT2D eigenvalue weighted by Crippen LogP contribution is -2.41. The van der Waals surface area contributed by atoms with E-state index in [-0.39, 0.29) is 6.61 Å². The lowest BCUT2D eigenvalue weighted by Gasteiger charge is -2.31. The number of pyridine rings is 1. The molecule has 1 rings (SSSR count). The fraction of sp³-hybridized carbons (Fsp3) is 0.583. The smallest absolute Gasteiger partial charge is 0.147 e. The first kappa shape index (κ1) is 15.3. The van der Waals surface area contributed by atoms with Gasteiger partial charge >= 0.3 is 0 Å². The highest BCUT2D eigenvalue weighted by atomic mass is 35.5. The van der Waals surface area contributed by atoms with Crippen molar-refractivity contribution >= 4 is 34.8 Å². The molecule has 0 aliphatic heterocycles. The van der Waals surface area contributed by atoms with Crippen molar-refractivity contribution in [3.63, 3.8) is 0 Å². The molecular formula is C12H19Cl2N3O. The molecule has 3 N–H and O–H groups in total. The second-order valence-electron chi connectivity index (χ2n) is 4.17. The molecular weight excluding hydrogens is 273 g/mol. The molecule has 0 atom stereocenters. The van der Waals surface area contributed by atoms with Crippen LogP contribution in [-0.2, 0) is 0 Å². The van der Waals surface area contributed by atoms with Crippen LogP contribution in [0, 0.1) is 0 Å². The van der Waals surface area contributed by atoms with Gasteiger partial charge in [0.15, 0.2) is 0 Å². The van der Waals surface area contributed by atoms with Gasteiger partial charge in [-0.2, -0.15) is 0 Å². The lowest BCUT2D eigenvalue weighted by atomic mass is 9.94. The van der Waals surface area contributed by atoms with Crippen LogP contribution in [0.5, 0.6) is 0 Å². The van der Waals surface area contributed by atoms with Crippen LogP contribution >= 0.6 is 23.2 Å². The predicted molar refractivity (Wildman–Crippen MR) is 77.8 cm³/mol. The normalized spacial score (nSPS) is 11.4. The van der Waals surface area contributed by atoms with Crippen LogP contribution in [-0.4, -0.2) is 29.3 Å². The molecule has 0 fully saturated rings. The van der Waals surface area contributed by atoms with Gasteiger partial charge in [0, 0.05) is 7.05 Å². The van der Waals surface area contributed by atoms with Gasteiger partial charge in [0.1, 0.15) is 11.6 Å². The van der Waals surface area contributed by atoms with Gasteiger partial charge in [0.05, 0.1) is 22.2 Å². The standard InChI is InChI=1S/C12H19Cl2N3O/c1-4-12(5-2,7-18)17-11-9(14)6-8(13)10(15-3)16-11/h6,18H,4-5,7H2,1-3H3,(H2,15,16,17). The summed E-state index contributed by atoms with van der Waals surface area (Å²) in [7, 11) is 1.74. The molecule has 0 unspecified atom stereocenters. The minimum atomic E-state index is -0.407. The van der Waals surface area contributed by atoms with Crippen LogP contribution in [0.1, 0.15) is 26.7 Å². The summed E-state index contributed by atoms with van der Waals surface area (Å²) in [6.45, 7) is 4.04. The topological polar surface area (TPSA) is 57.2 Å². The van der Waals surface area contributed by atoms with E-state index in [0.717, 1.165) is 12.8 Å². The molecule has 4 nitrogen and oxygen atoms in total. The Kier molecular flexibility index (Phi) is 5.50. The maximum atomic E-state index is 9.53. The van der Waals surface area contributed by atoms with Crippen molar-refractivity contribution in [2.75, 3.05) is 24.3 Å². The SMILES string of the molecule is CCC(CC)(CO)Nc1nc(NC)c(Cl)cc1Cl. The number of hydrogen-bond acceptors (Lipinski definition) is 4. The second-order valence-corrected chi connectivity index (χ2v) is 4.98. The number of nitrogens with one attached hydrogen (secondary N) is 2. The van der Waals surface area contributed by atoms with Gasteiger partial charge in [-0.1, -0.05) is 37.0 Å². The van der Waals surface area contributed by atoms with Gasteiger partial charge in [0.2, 0.25) is 0 Å². The molecule has 1 aromatic rings. The number of aliphatic hydroxyl groups excluding tert-OH is 1. The minimum absolute atomic E-state index is 0.0233. The lowest BCUT2D eigenvalue weighted by molar-refractivity contribution is 0.202. The highest BCUT2D eigenvalue weighted by Gasteiger charge is 2.26. The summed E-state index contributed by atoms with van der Waals surface area (Å²) in [5.74, 6) is 1.09. The zero-order valence-electron chi connectivity index (χ0n) is 10.8. The third-order valence-electron chi connectivity index (χ3n) is 3.21.